The number of halogens is 1. The molecule has 3 rings (SSSR count). The number of amides is 3. The van der Waals surface area contributed by atoms with E-state index in [2.05, 4.69) is 5.32 Å². The first-order valence-electron chi connectivity index (χ1n) is 9.90. The maximum atomic E-state index is 13.9. The number of ether oxygens (including phenoxy) is 1. The molecule has 1 saturated heterocycles. The Morgan fingerprint density at radius 1 is 1.25 bits per heavy atom. The highest BCUT2D eigenvalue weighted by Gasteiger charge is 2.25. The van der Waals surface area contributed by atoms with E-state index in [4.69, 9.17) is 4.74 Å². The fourth-order valence-corrected chi connectivity index (χ4v) is 3.86. The largest absolute Gasteiger partial charge is 0.490 e. The first-order valence-corrected chi connectivity index (χ1v) is 10.8. The van der Waals surface area contributed by atoms with Gasteiger partial charge in [-0.3, -0.25) is 10.1 Å². The molecule has 2 fully saturated rings. The van der Waals surface area contributed by atoms with E-state index < -0.39 is 0 Å². The SMILES string of the molecule is CN(SCCCCCCN1CC(=O)NC1=O)c1ccc(F)c(OCC2CC2)c1. The number of imide groups is 1. The van der Waals surface area contributed by atoms with Crippen LogP contribution in [-0.4, -0.2) is 49.3 Å². The van der Waals surface area contributed by atoms with Crippen molar-refractivity contribution < 1.29 is 18.7 Å². The lowest BCUT2D eigenvalue weighted by molar-refractivity contribution is -0.118. The van der Waals surface area contributed by atoms with Crippen LogP contribution in [0.1, 0.15) is 38.5 Å². The number of rotatable bonds is 12. The number of benzene rings is 1. The predicted octanol–water partition coefficient (Wildman–Crippen LogP) is 3.81. The lowest BCUT2D eigenvalue weighted by atomic mass is 10.2. The summed E-state index contributed by atoms with van der Waals surface area (Å²) >= 11 is 1.70. The zero-order valence-corrected chi connectivity index (χ0v) is 17.1. The fourth-order valence-electron chi connectivity index (χ4n) is 2.99. The Hall–Kier alpha value is -1.96. The van der Waals surface area contributed by atoms with Crippen LogP contribution < -0.4 is 14.4 Å². The highest BCUT2D eigenvalue weighted by Crippen LogP contribution is 2.32. The summed E-state index contributed by atoms with van der Waals surface area (Å²) < 4.78 is 21.5. The number of anilines is 1. The molecule has 0 unspecified atom stereocenters. The summed E-state index contributed by atoms with van der Waals surface area (Å²) in [4.78, 5) is 24.1. The van der Waals surface area contributed by atoms with Gasteiger partial charge in [-0.15, -0.1) is 0 Å². The number of nitrogens with zero attached hydrogens (tertiary/aromatic N) is 2. The van der Waals surface area contributed by atoms with E-state index in [0.29, 0.717) is 24.8 Å². The second-order valence-corrected chi connectivity index (χ2v) is 8.60. The summed E-state index contributed by atoms with van der Waals surface area (Å²) in [7, 11) is 1.98. The topological polar surface area (TPSA) is 61.9 Å². The second kappa shape index (κ2) is 10.0. The van der Waals surface area contributed by atoms with Gasteiger partial charge in [0.15, 0.2) is 11.6 Å². The summed E-state index contributed by atoms with van der Waals surface area (Å²) in [5.74, 6) is 1.37. The van der Waals surface area contributed by atoms with Gasteiger partial charge >= 0.3 is 6.03 Å². The highest BCUT2D eigenvalue weighted by molar-refractivity contribution is 8.00. The van der Waals surface area contributed by atoms with Gasteiger partial charge in [-0.1, -0.05) is 24.8 Å². The van der Waals surface area contributed by atoms with Gasteiger partial charge in [0, 0.05) is 25.4 Å². The van der Waals surface area contributed by atoms with Crippen molar-refractivity contribution in [1.82, 2.24) is 10.2 Å². The minimum atomic E-state index is -0.309. The Labute approximate surface area is 169 Å². The van der Waals surface area contributed by atoms with Crippen molar-refractivity contribution in [2.45, 2.75) is 38.5 Å². The van der Waals surface area contributed by atoms with Crippen molar-refractivity contribution >= 4 is 29.6 Å². The number of carbonyl (C=O) groups is 2. The number of hydrogen-bond acceptors (Lipinski definition) is 5. The Bertz CT molecular complexity index is 699. The van der Waals surface area contributed by atoms with Crippen molar-refractivity contribution in [3.05, 3.63) is 24.0 Å². The van der Waals surface area contributed by atoms with Crippen LogP contribution in [0, 0.1) is 11.7 Å². The van der Waals surface area contributed by atoms with E-state index in [1.54, 1.807) is 29.0 Å². The molecule has 3 amide bonds. The number of nitrogens with one attached hydrogen (secondary N) is 1. The molecule has 1 heterocycles. The number of unbranched alkanes of at least 4 members (excludes halogenated alkanes) is 3. The fraction of sp³-hybridized carbons (Fsp3) is 0.600. The van der Waals surface area contributed by atoms with Crippen molar-refractivity contribution in [1.29, 1.82) is 0 Å². The highest BCUT2D eigenvalue weighted by atomic mass is 32.2. The molecule has 8 heteroatoms. The lowest BCUT2D eigenvalue weighted by Crippen LogP contribution is -2.29. The Morgan fingerprint density at radius 2 is 2.04 bits per heavy atom. The molecule has 0 aromatic heterocycles. The molecule has 1 aromatic rings. The first kappa shape index (κ1) is 20.8. The molecule has 0 radical (unpaired) electrons. The monoisotopic (exact) mass is 409 g/mol. The zero-order valence-electron chi connectivity index (χ0n) is 16.3. The molecule has 0 atom stereocenters. The number of urea groups is 1. The standard InChI is InChI=1S/C20H28FN3O3S/c1-23(16-8-9-17(21)18(12-16)27-14-15-6-7-15)28-11-5-3-2-4-10-24-13-19(25)22-20(24)26/h8-9,12,15H,2-7,10-11,13-14H2,1H3,(H,22,25,26). The van der Waals surface area contributed by atoms with Crippen molar-refractivity contribution in [3.8, 4) is 5.75 Å². The summed E-state index contributed by atoms with van der Waals surface area (Å²) in [6.07, 6.45) is 6.43. The number of hydrogen-bond donors (Lipinski definition) is 1. The van der Waals surface area contributed by atoms with E-state index in [-0.39, 0.29) is 24.3 Å². The van der Waals surface area contributed by atoms with Crippen LogP contribution in [0.3, 0.4) is 0 Å². The van der Waals surface area contributed by atoms with E-state index in [0.717, 1.165) is 37.1 Å². The molecule has 1 aromatic carbocycles. The van der Waals surface area contributed by atoms with E-state index in [1.165, 1.54) is 18.9 Å². The van der Waals surface area contributed by atoms with Crippen molar-refractivity contribution in [2.75, 3.05) is 36.8 Å². The third-order valence-corrected chi connectivity index (χ3v) is 5.99. The normalized spacial score (nSPS) is 16.4. The first-order chi connectivity index (χ1) is 13.5. The summed E-state index contributed by atoms with van der Waals surface area (Å²) in [5, 5.41) is 2.29. The Kier molecular flexibility index (Phi) is 7.42. The third-order valence-electron chi connectivity index (χ3n) is 4.93. The molecule has 1 aliphatic carbocycles. The molecule has 6 nitrogen and oxygen atoms in total. The van der Waals surface area contributed by atoms with Crippen molar-refractivity contribution in [2.24, 2.45) is 5.92 Å². The summed E-state index contributed by atoms with van der Waals surface area (Å²) in [5.41, 5.74) is 0.932. The van der Waals surface area contributed by atoms with Gasteiger partial charge in [0.2, 0.25) is 5.91 Å². The van der Waals surface area contributed by atoms with Crippen LogP contribution >= 0.6 is 11.9 Å². The van der Waals surface area contributed by atoms with Gasteiger partial charge in [-0.25, -0.2) is 9.18 Å². The molecule has 1 saturated carbocycles. The van der Waals surface area contributed by atoms with E-state index in [9.17, 15) is 14.0 Å². The average molecular weight is 410 g/mol. The van der Waals surface area contributed by atoms with Crippen LogP contribution in [0.5, 0.6) is 5.75 Å². The maximum absolute atomic E-state index is 13.9. The lowest BCUT2D eigenvalue weighted by Gasteiger charge is -2.19. The van der Waals surface area contributed by atoms with Crippen LogP contribution in [0.2, 0.25) is 0 Å². The second-order valence-electron chi connectivity index (χ2n) is 7.39. The van der Waals surface area contributed by atoms with Crippen LogP contribution in [-0.2, 0) is 4.79 Å². The van der Waals surface area contributed by atoms with Gasteiger partial charge in [0.1, 0.15) is 6.54 Å². The average Bonchev–Trinajstić information content (AvgIpc) is 3.44. The Morgan fingerprint density at radius 3 is 2.75 bits per heavy atom. The summed E-state index contributed by atoms with van der Waals surface area (Å²) in [6, 6.07) is 4.73. The van der Waals surface area contributed by atoms with Gasteiger partial charge < -0.3 is 13.9 Å². The van der Waals surface area contributed by atoms with E-state index >= 15 is 0 Å². The molecule has 0 bridgehead atoms. The Balaban J connectivity index is 1.29. The molecule has 154 valence electrons. The zero-order chi connectivity index (χ0) is 19.9. The van der Waals surface area contributed by atoms with Gasteiger partial charge in [0.25, 0.3) is 0 Å². The molecule has 1 N–H and O–H groups in total. The van der Waals surface area contributed by atoms with Gasteiger partial charge in [-0.2, -0.15) is 0 Å². The van der Waals surface area contributed by atoms with Crippen LogP contribution in [0.15, 0.2) is 18.2 Å². The summed E-state index contributed by atoms with van der Waals surface area (Å²) in [6.45, 7) is 1.41. The third kappa shape index (κ3) is 6.29. The molecule has 28 heavy (non-hydrogen) atoms. The van der Waals surface area contributed by atoms with E-state index in [1.807, 2.05) is 11.4 Å². The van der Waals surface area contributed by atoms with Crippen LogP contribution in [0.25, 0.3) is 0 Å². The van der Waals surface area contributed by atoms with Gasteiger partial charge in [0.05, 0.1) is 12.3 Å². The molecular formula is C20H28FN3O3S. The minimum Gasteiger partial charge on any atom is -0.490 e. The van der Waals surface area contributed by atoms with Gasteiger partial charge in [-0.05, 0) is 43.7 Å². The molecule has 1 aliphatic heterocycles. The smallest absolute Gasteiger partial charge is 0.324 e. The predicted molar refractivity (Wildman–Crippen MR) is 109 cm³/mol. The molecule has 0 spiro atoms. The van der Waals surface area contributed by atoms with Crippen LogP contribution in [0.4, 0.5) is 14.9 Å². The quantitative estimate of drug-likeness (QED) is 0.323. The van der Waals surface area contributed by atoms with Crippen molar-refractivity contribution in [3.63, 3.8) is 0 Å². The molecular weight excluding hydrogens is 381 g/mol. The number of carbonyl (C=O) groups excluding carboxylic acids is 2. The maximum Gasteiger partial charge on any atom is 0.324 e. The molecule has 2 aliphatic rings. The minimum absolute atomic E-state index is 0.184.